The van der Waals surface area contributed by atoms with Crippen molar-refractivity contribution in [2.75, 3.05) is 0 Å². The van der Waals surface area contributed by atoms with Gasteiger partial charge in [0.05, 0.1) is 0 Å². The van der Waals surface area contributed by atoms with Gasteiger partial charge >= 0.3 is 5.97 Å². The summed E-state index contributed by atoms with van der Waals surface area (Å²) in [4.78, 5) is 24.2. The van der Waals surface area contributed by atoms with E-state index < -0.39 is 18.1 Å². The van der Waals surface area contributed by atoms with Gasteiger partial charge in [0.2, 0.25) is 0 Å². The average Bonchev–Trinajstić information content (AvgIpc) is 2.43. The number of hydrogen-bond donors (Lipinski definition) is 1. The third-order valence-corrected chi connectivity index (χ3v) is 2.96. The molecule has 1 aromatic carbocycles. The number of nitrogens with zero attached hydrogens (tertiary/aromatic N) is 1. The fourth-order valence-corrected chi connectivity index (χ4v) is 1.78. The van der Waals surface area contributed by atoms with Gasteiger partial charge in [0.15, 0.2) is 6.10 Å². The molecule has 0 aliphatic heterocycles. The smallest absolute Gasteiger partial charge is 0.330 e. The predicted molar refractivity (Wildman–Crippen MR) is 78.4 cm³/mol. The Morgan fingerprint density at radius 3 is 2.48 bits per heavy atom. The molecule has 2 atom stereocenters. The van der Waals surface area contributed by atoms with E-state index in [2.05, 4.69) is 5.32 Å². The lowest BCUT2D eigenvalue weighted by Gasteiger charge is -2.21. The average molecular weight is 288 g/mol. The maximum absolute atomic E-state index is 12.2. The largest absolute Gasteiger partial charge is 0.446 e. The highest BCUT2D eigenvalue weighted by molar-refractivity contribution is 5.97. The molecule has 0 radical (unpaired) electrons. The minimum absolute atomic E-state index is 0.142. The highest BCUT2D eigenvalue weighted by Crippen LogP contribution is 2.09. The Kier molecular flexibility index (Phi) is 5.92. The van der Waals surface area contributed by atoms with Crippen LogP contribution in [-0.2, 0) is 9.53 Å². The lowest BCUT2D eigenvalue weighted by atomic mass is 10.0. The molecule has 0 heterocycles. The van der Waals surface area contributed by atoms with Gasteiger partial charge < -0.3 is 10.1 Å². The van der Waals surface area contributed by atoms with Crippen molar-refractivity contribution in [3.05, 3.63) is 35.4 Å². The van der Waals surface area contributed by atoms with E-state index in [-0.39, 0.29) is 11.8 Å². The fourth-order valence-electron chi connectivity index (χ4n) is 1.78. The van der Waals surface area contributed by atoms with Crippen LogP contribution in [0.2, 0.25) is 0 Å². The highest BCUT2D eigenvalue weighted by Gasteiger charge is 2.27. The molecule has 5 heteroatoms. The van der Waals surface area contributed by atoms with Gasteiger partial charge in [-0.25, -0.2) is 4.79 Å². The molecule has 1 aromatic rings. The molecule has 0 aliphatic rings. The van der Waals surface area contributed by atoms with Crippen LogP contribution in [-0.4, -0.2) is 24.0 Å². The summed E-state index contributed by atoms with van der Waals surface area (Å²) in [5.41, 5.74) is 1.45. The van der Waals surface area contributed by atoms with Gasteiger partial charge in [0, 0.05) is 5.56 Å². The van der Waals surface area contributed by atoms with Crippen molar-refractivity contribution in [1.29, 1.82) is 5.26 Å². The number of nitrogens with one attached hydrogen (secondary N) is 1. The molecule has 0 saturated carbocycles. The van der Waals surface area contributed by atoms with E-state index in [1.165, 1.54) is 6.92 Å². The predicted octanol–water partition coefficient (Wildman–Crippen LogP) is 2.20. The lowest BCUT2D eigenvalue weighted by molar-refractivity contribution is -0.149. The molecule has 0 saturated heterocycles. The van der Waals surface area contributed by atoms with Crippen LogP contribution in [0.25, 0.3) is 0 Å². The number of carbonyl (C=O) groups is 2. The molecule has 1 rings (SSSR count). The Labute approximate surface area is 124 Å². The summed E-state index contributed by atoms with van der Waals surface area (Å²) >= 11 is 0. The van der Waals surface area contributed by atoms with Crippen molar-refractivity contribution in [3.8, 4) is 6.07 Å². The summed E-state index contributed by atoms with van der Waals surface area (Å²) in [6, 6.07) is 8.14. The van der Waals surface area contributed by atoms with Crippen molar-refractivity contribution in [2.45, 2.75) is 39.8 Å². The summed E-state index contributed by atoms with van der Waals surface area (Å²) < 4.78 is 4.97. The van der Waals surface area contributed by atoms with E-state index in [1.807, 2.05) is 19.1 Å². The number of hydrogen-bond acceptors (Lipinski definition) is 4. The Morgan fingerprint density at radius 1 is 1.29 bits per heavy atom. The molecule has 1 amide bonds. The van der Waals surface area contributed by atoms with E-state index in [9.17, 15) is 9.59 Å². The maximum Gasteiger partial charge on any atom is 0.330 e. The Hall–Kier alpha value is -2.35. The molecule has 0 aromatic heterocycles. The summed E-state index contributed by atoms with van der Waals surface area (Å²) in [6.45, 7) is 6.98. The van der Waals surface area contributed by atoms with Crippen molar-refractivity contribution in [3.63, 3.8) is 0 Å². The monoisotopic (exact) mass is 288 g/mol. The molecule has 0 aliphatic carbocycles. The number of nitriles is 1. The molecular weight excluding hydrogens is 268 g/mol. The number of carbonyl (C=O) groups excluding carboxylic acids is 2. The van der Waals surface area contributed by atoms with Crippen molar-refractivity contribution in [1.82, 2.24) is 5.32 Å². The molecular formula is C16H20N2O3. The van der Waals surface area contributed by atoms with Gasteiger partial charge in [0.25, 0.3) is 5.91 Å². The van der Waals surface area contributed by atoms with Crippen molar-refractivity contribution in [2.24, 2.45) is 5.92 Å². The van der Waals surface area contributed by atoms with Crippen LogP contribution in [0.4, 0.5) is 0 Å². The van der Waals surface area contributed by atoms with Gasteiger partial charge in [0.1, 0.15) is 12.1 Å². The Balaban J connectivity index is 2.82. The minimum atomic E-state index is -0.838. The standard InChI is InChI=1S/C16H20N2O3/c1-10(2)14(16(20)21-12(4)9-17)18-15(19)13-7-5-6-11(3)8-13/h5-8,10,12,14H,1-4H3,(H,18,19)/t12-,14-/m0/s1. The van der Waals surface area contributed by atoms with Crippen LogP contribution in [0.1, 0.15) is 36.7 Å². The first-order chi connectivity index (χ1) is 9.85. The normalized spacial score (nSPS) is 13.1. The van der Waals surface area contributed by atoms with E-state index in [4.69, 9.17) is 10.00 Å². The quantitative estimate of drug-likeness (QED) is 0.842. The molecule has 0 fully saturated rings. The second-order valence-corrected chi connectivity index (χ2v) is 5.27. The van der Waals surface area contributed by atoms with Crippen LogP contribution in [0.3, 0.4) is 0 Å². The van der Waals surface area contributed by atoms with Gasteiger partial charge in [-0.2, -0.15) is 5.26 Å². The summed E-state index contributed by atoms with van der Waals surface area (Å²) in [6.07, 6.45) is -0.838. The molecule has 21 heavy (non-hydrogen) atoms. The van der Waals surface area contributed by atoms with Crippen molar-refractivity contribution < 1.29 is 14.3 Å². The molecule has 0 bridgehead atoms. The number of rotatable bonds is 5. The molecule has 0 spiro atoms. The highest BCUT2D eigenvalue weighted by atomic mass is 16.5. The third kappa shape index (κ3) is 4.92. The first-order valence-corrected chi connectivity index (χ1v) is 6.82. The zero-order valence-corrected chi connectivity index (χ0v) is 12.7. The number of amides is 1. The summed E-state index contributed by atoms with van der Waals surface area (Å²) in [5, 5.41) is 11.3. The fraction of sp³-hybridized carbons (Fsp3) is 0.438. The first-order valence-electron chi connectivity index (χ1n) is 6.82. The Morgan fingerprint density at radius 2 is 1.95 bits per heavy atom. The second kappa shape index (κ2) is 7.44. The van der Waals surface area contributed by atoms with Gasteiger partial charge in [-0.1, -0.05) is 31.5 Å². The second-order valence-electron chi connectivity index (χ2n) is 5.27. The lowest BCUT2D eigenvalue weighted by Crippen LogP contribution is -2.46. The molecule has 0 unspecified atom stereocenters. The third-order valence-electron chi connectivity index (χ3n) is 2.96. The van der Waals surface area contributed by atoms with Crippen LogP contribution in [0.5, 0.6) is 0 Å². The van der Waals surface area contributed by atoms with Crippen LogP contribution in [0, 0.1) is 24.2 Å². The molecule has 5 nitrogen and oxygen atoms in total. The van der Waals surface area contributed by atoms with Crippen LogP contribution >= 0.6 is 0 Å². The number of esters is 1. The van der Waals surface area contributed by atoms with E-state index in [1.54, 1.807) is 32.0 Å². The van der Waals surface area contributed by atoms with E-state index in [0.717, 1.165) is 5.56 Å². The first kappa shape index (κ1) is 16.7. The zero-order valence-electron chi connectivity index (χ0n) is 12.7. The van der Waals surface area contributed by atoms with Gasteiger partial charge in [-0.3, -0.25) is 4.79 Å². The van der Waals surface area contributed by atoms with Crippen molar-refractivity contribution >= 4 is 11.9 Å². The van der Waals surface area contributed by atoms with Crippen LogP contribution in [0.15, 0.2) is 24.3 Å². The number of ether oxygens (including phenoxy) is 1. The van der Waals surface area contributed by atoms with Crippen LogP contribution < -0.4 is 5.32 Å². The SMILES string of the molecule is Cc1cccc(C(=O)N[C@H](C(=O)O[C@@H](C)C#N)C(C)C)c1. The topological polar surface area (TPSA) is 79.2 Å². The minimum Gasteiger partial charge on any atom is -0.446 e. The number of benzene rings is 1. The maximum atomic E-state index is 12.2. The molecule has 112 valence electrons. The number of aryl methyl sites for hydroxylation is 1. The Bertz CT molecular complexity index is 561. The summed E-state index contributed by atoms with van der Waals surface area (Å²) in [5.74, 6) is -1.07. The van der Waals surface area contributed by atoms with Gasteiger partial charge in [-0.15, -0.1) is 0 Å². The van der Waals surface area contributed by atoms with E-state index in [0.29, 0.717) is 5.56 Å². The summed E-state index contributed by atoms with van der Waals surface area (Å²) in [7, 11) is 0. The van der Waals surface area contributed by atoms with E-state index >= 15 is 0 Å². The zero-order chi connectivity index (χ0) is 16.0. The molecule has 1 N–H and O–H groups in total. The van der Waals surface area contributed by atoms with Gasteiger partial charge in [-0.05, 0) is 31.9 Å².